The summed E-state index contributed by atoms with van der Waals surface area (Å²) in [6, 6.07) is 17.1. The van der Waals surface area contributed by atoms with Gasteiger partial charge in [0, 0.05) is 12.2 Å². The van der Waals surface area contributed by atoms with Crippen molar-refractivity contribution < 1.29 is 14.3 Å². The number of likely N-dealkylation sites (tertiary alicyclic amines) is 1. The minimum absolute atomic E-state index is 0.185. The average molecular weight is 352 g/mol. The maximum absolute atomic E-state index is 12.8. The van der Waals surface area contributed by atoms with Crippen LogP contribution in [-0.4, -0.2) is 29.0 Å². The van der Waals surface area contributed by atoms with Crippen molar-refractivity contribution in [2.45, 2.75) is 38.8 Å². The van der Waals surface area contributed by atoms with Gasteiger partial charge < -0.3 is 10.1 Å². The standard InChI is InChI=1S/C21H24N2O3/c1-16-9-11-18(12-10-16)22-19(24)21(2)13-6-14-23(21)20(25)26-15-17-7-4-3-5-8-17/h3-5,7-12H,6,13-15H2,1-2H3,(H,22,24). The van der Waals surface area contributed by atoms with Crippen molar-refractivity contribution in [3.05, 3.63) is 65.7 Å². The molecule has 1 fully saturated rings. The van der Waals surface area contributed by atoms with E-state index in [4.69, 9.17) is 4.74 Å². The Balaban J connectivity index is 1.65. The molecule has 0 aliphatic carbocycles. The lowest BCUT2D eigenvalue weighted by molar-refractivity contribution is -0.125. The third kappa shape index (κ3) is 3.87. The summed E-state index contributed by atoms with van der Waals surface area (Å²) in [5.41, 5.74) is 1.87. The first-order valence-corrected chi connectivity index (χ1v) is 8.85. The summed E-state index contributed by atoms with van der Waals surface area (Å²) in [6.07, 6.45) is 0.941. The summed E-state index contributed by atoms with van der Waals surface area (Å²) >= 11 is 0. The molecule has 26 heavy (non-hydrogen) atoms. The lowest BCUT2D eigenvalue weighted by Gasteiger charge is -2.33. The Morgan fingerprint density at radius 2 is 1.81 bits per heavy atom. The predicted octanol–water partition coefficient (Wildman–Crippen LogP) is 4.12. The van der Waals surface area contributed by atoms with E-state index in [1.165, 1.54) is 0 Å². The number of carbonyl (C=O) groups excluding carboxylic acids is 2. The summed E-state index contributed by atoms with van der Waals surface area (Å²) < 4.78 is 5.43. The van der Waals surface area contributed by atoms with E-state index < -0.39 is 11.6 Å². The highest BCUT2D eigenvalue weighted by molar-refractivity contribution is 6.00. The molecule has 0 saturated carbocycles. The molecule has 2 aromatic carbocycles. The summed E-state index contributed by atoms with van der Waals surface area (Å²) in [7, 11) is 0. The van der Waals surface area contributed by atoms with Crippen LogP contribution in [-0.2, 0) is 16.1 Å². The van der Waals surface area contributed by atoms with Crippen LogP contribution in [0.1, 0.15) is 30.9 Å². The summed E-state index contributed by atoms with van der Waals surface area (Å²) in [6.45, 7) is 4.51. The molecule has 0 aromatic heterocycles. The molecule has 5 nitrogen and oxygen atoms in total. The minimum Gasteiger partial charge on any atom is -0.445 e. The molecule has 3 rings (SSSR count). The molecule has 1 aliphatic rings. The van der Waals surface area contributed by atoms with Gasteiger partial charge in [-0.15, -0.1) is 0 Å². The van der Waals surface area contributed by atoms with E-state index in [-0.39, 0.29) is 12.5 Å². The normalized spacial score (nSPS) is 19.2. The van der Waals surface area contributed by atoms with Crippen LogP contribution in [0.2, 0.25) is 0 Å². The summed E-state index contributed by atoms with van der Waals surface area (Å²) in [4.78, 5) is 27.0. The highest BCUT2D eigenvalue weighted by Crippen LogP contribution is 2.31. The van der Waals surface area contributed by atoms with Crippen molar-refractivity contribution in [3.8, 4) is 0 Å². The first kappa shape index (κ1) is 18.0. The lowest BCUT2D eigenvalue weighted by atomic mass is 9.97. The van der Waals surface area contributed by atoms with Gasteiger partial charge in [0.25, 0.3) is 0 Å². The van der Waals surface area contributed by atoms with E-state index in [0.717, 1.165) is 23.2 Å². The van der Waals surface area contributed by atoms with Crippen molar-refractivity contribution in [1.82, 2.24) is 4.90 Å². The molecule has 1 atom stereocenters. The number of rotatable bonds is 4. The molecule has 0 spiro atoms. The van der Waals surface area contributed by atoms with Gasteiger partial charge in [0.1, 0.15) is 12.1 Å². The van der Waals surface area contributed by atoms with Gasteiger partial charge in [-0.1, -0.05) is 48.0 Å². The molecular weight excluding hydrogens is 328 g/mol. The van der Waals surface area contributed by atoms with E-state index in [2.05, 4.69) is 5.32 Å². The molecular formula is C21H24N2O3. The van der Waals surface area contributed by atoms with Gasteiger partial charge in [0.15, 0.2) is 0 Å². The number of hydrogen-bond acceptors (Lipinski definition) is 3. The Hall–Kier alpha value is -2.82. The molecule has 0 bridgehead atoms. The van der Waals surface area contributed by atoms with Crippen LogP contribution < -0.4 is 5.32 Å². The minimum atomic E-state index is -0.904. The van der Waals surface area contributed by atoms with Crippen LogP contribution in [0, 0.1) is 6.92 Å². The largest absolute Gasteiger partial charge is 0.445 e. The van der Waals surface area contributed by atoms with E-state index in [9.17, 15) is 9.59 Å². The summed E-state index contributed by atoms with van der Waals surface area (Å²) in [5, 5.41) is 2.92. The van der Waals surface area contributed by atoms with Crippen molar-refractivity contribution in [1.29, 1.82) is 0 Å². The Labute approximate surface area is 154 Å². The maximum Gasteiger partial charge on any atom is 0.410 e. The van der Waals surface area contributed by atoms with Crippen molar-refractivity contribution >= 4 is 17.7 Å². The predicted molar refractivity (Wildman–Crippen MR) is 101 cm³/mol. The molecule has 0 radical (unpaired) electrons. The number of hydrogen-bond donors (Lipinski definition) is 1. The first-order valence-electron chi connectivity index (χ1n) is 8.85. The number of carbonyl (C=O) groups is 2. The van der Waals surface area contributed by atoms with Crippen LogP contribution in [0.15, 0.2) is 54.6 Å². The smallest absolute Gasteiger partial charge is 0.410 e. The van der Waals surface area contributed by atoms with E-state index in [0.29, 0.717) is 13.0 Å². The number of amides is 2. The number of anilines is 1. The van der Waals surface area contributed by atoms with E-state index >= 15 is 0 Å². The van der Waals surface area contributed by atoms with Gasteiger partial charge in [0.05, 0.1) is 0 Å². The molecule has 1 unspecified atom stereocenters. The third-order valence-corrected chi connectivity index (χ3v) is 4.87. The van der Waals surface area contributed by atoms with Gasteiger partial charge in [-0.25, -0.2) is 4.79 Å². The molecule has 136 valence electrons. The summed E-state index contributed by atoms with van der Waals surface area (Å²) in [5.74, 6) is -0.185. The second kappa shape index (κ2) is 7.60. The topological polar surface area (TPSA) is 58.6 Å². The van der Waals surface area contributed by atoms with Crippen molar-refractivity contribution in [2.75, 3.05) is 11.9 Å². The number of aryl methyl sites for hydroxylation is 1. The van der Waals surface area contributed by atoms with E-state index in [1.807, 2.05) is 61.5 Å². The molecule has 1 aliphatic heterocycles. The highest BCUT2D eigenvalue weighted by atomic mass is 16.6. The van der Waals surface area contributed by atoms with Crippen molar-refractivity contribution in [3.63, 3.8) is 0 Å². The monoisotopic (exact) mass is 352 g/mol. The quantitative estimate of drug-likeness (QED) is 0.900. The Kier molecular flexibility index (Phi) is 5.26. The van der Waals surface area contributed by atoms with Gasteiger partial charge in [-0.2, -0.15) is 0 Å². The van der Waals surface area contributed by atoms with Crippen molar-refractivity contribution in [2.24, 2.45) is 0 Å². The molecule has 2 amide bonds. The number of nitrogens with one attached hydrogen (secondary N) is 1. The zero-order chi connectivity index (χ0) is 18.6. The Morgan fingerprint density at radius 3 is 2.50 bits per heavy atom. The number of benzene rings is 2. The zero-order valence-electron chi connectivity index (χ0n) is 15.2. The maximum atomic E-state index is 12.8. The molecule has 5 heteroatoms. The van der Waals surface area contributed by atoms with Gasteiger partial charge >= 0.3 is 6.09 Å². The third-order valence-electron chi connectivity index (χ3n) is 4.87. The Morgan fingerprint density at radius 1 is 1.12 bits per heavy atom. The zero-order valence-corrected chi connectivity index (χ0v) is 15.2. The molecule has 2 aromatic rings. The van der Waals surface area contributed by atoms with Gasteiger partial charge in [0.2, 0.25) is 5.91 Å². The second-order valence-corrected chi connectivity index (χ2v) is 6.89. The average Bonchev–Trinajstić information content (AvgIpc) is 3.05. The fourth-order valence-corrected chi connectivity index (χ4v) is 3.19. The molecule has 1 saturated heterocycles. The number of nitrogens with zero attached hydrogens (tertiary/aromatic N) is 1. The van der Waals surface area contributed by atoms with Gasteiger partial charge in [-0.3, -0.25) is 9.69 Å². The number of ether oxygens (including phenoxy) is 1. The molecule has 1 N–H and O–H groups in total. The first-order chi connectivity index (χ1) is 12.5. The SMILES string of the molecule is Cc1ccc(NC(=O)C2(C)CCCN2C(=O)OCc2ccccc2)cc1. The fraction of sp³-hybridized carbons (Fsp3) is 0.333. The Bertz CT molecular complexity index is 774. The highest BCUT2D eigenvalue weighted by Gasteiger charge is 2.46. The van der Waals surface area contributed by atoms with Crippen LogP contribution in [0.5, 0.6) is 0 Å². The van der Waals surface area contributed by atoms with Crippen LogP contribution in [0.4, 0.5) is 10.5 Å². The van der Waals surface area contributed by atoms with Crippen LogP contribution in [0.3, 0.4) is 0 Å². The van der Waals surface area contributed by atoms with Gasteiger partial charge in [-0.05, 0) is 44.4 Å². The van der Waals surface area contributed by atoms with Crippen LogP contribution in [0.25, 0.3) is 0 Å². The lowest BCUT2D eigenvalue weighted by Crippen LogP contribution is -2.53. The van der Waals surface area contributed by atoms with Crippen LogP contribution >= 0.6 is 0 Å². The second-order valence-electron chi connectivity index (χ2n) is 6.89. The molecule has 1 heterocycles. The van der Waals surface area contributed by atoms with E-state index in [1.54, 1.807) is 11.8 Å². The fourth-order valence-electron chi connectivity index (χ4n) is 3.19.